The summed E-state index contributed by atoms with van der Waals surface area (Å²) in [5, 5.41) is 35.9. The lowest BCUT2D eigenvalue weighted by atomic mass is 9.76. The fraction of sp³-hybridized carbons (Fsp3) is 0.576. The smallest absolute Gasteiger partial charge is 0.335 e. The molecule has 13 nitrogen and oxygen atoms in total. The Labute approximate surface area is 270 Å². The van der Waals surface area contributed by atoms with Gasteiger partial charge in [-0.15, -0.1) is 0 Å². The zero-order valence-corrected chi connectivity index (χ0v) is 28.4. The molecule has 0 aliphatic heterocycles. The first-order valence-corrected chi connectivity index (χ1v) is 15.1. The highest BCUT2D eigenvalue weighted by Gasteiger charge is 2.41. The molecule has 0 aromatic heterocycles. The molecule has 0 bridgehead atoms. The molecule has 0 saturated heterocycles. The molecule has 0 aliphatic carbocycles. The molecule has 256 valence electrons. The number of aliphatic carboxylic acids is 2. The fourth-order valence-corrected chi connectivity index (χ4v) is 5.13. The van der Waals surface area contributed by atoms with E-state index in [1.807, 2.05) is 48.5 Å². The largest absolute Gasteiger partial charge is 0.481 e. The predicted octanol–water partition coefficient (Wildman–Crippen LogP) is 2.64. The lowest BCUT2D eigenvalue weighted by molar-refractivity contribution is -0.142. The molecule has 13 heteroatoms. The normalized spacial score (nSPS) is 14.9. The Morgan fingerprint density at radius 2 is 1.43 bits per heavy atom. The van der Waals surface area contributed by atoms with Crippen LogP contribution in [0.2, 0.25) is 0 Å². The minimum absolute atomic E-state index is 0.118. The van der Waals surface area contributed by atoms with Crippen molar-refractivity contribution in [3.8, 4) is 0 Å². The van der Waals surface area contributed by atoms with Crippen LogP contribution in [0.25, 0.3) is 0 Å². The Morgan fingerprint density at radius 3 is 1.85 bits per heavy atom. The van der Waals surface area contributed by atoms with Crippen LogP contribution in [0, 0.1) is 11.3 Å². The van der Waals surface area contributed by atoms with Gasteiger partial charge in [-0.1, -0.05) is 66.7 Å². The van der Waals surface area contributed by atoms with Gasteiger partial charge in [0.1, 0.15) is 12.1 Å². The van der Waals surface area contributed by atoms with Gasteiger partial charge in [-0.2, -0.15) is 0 Å². The van der Waals surface area contributed by atoms with Gasteiger partial charge in [-0.05, 0) is 49.4 Å². The third kappa shape index (κ3) is 10.7. The minimum Gasteiger partial charge on any atom is -0.481 e. The Morgan fingerprint density at radius 1 is 0.891 bits per heavy atom. The van der Waals surface area contributed by atoms with E-state index in [0.29, 0.717) is 0 Å². The Balaban J connectivity index is 3.31. The van der Waals surface area contributed by atoms with Gasteiger partial charge in [0, 0.05) is 24.5 Å². The van der Waals surface area contributed by atoms with E-state index in [-0.39, 0.29) is 23.5 Å². The predicted molar refractivity (Wildman–Crippen MR) is 172 cm³/mol. The van der Waals surface area contributed by atoms with E-state index in [1.165, 1.54) is 24.0 Å². The van der Waals surface area contributed by atoms with E-state index in [9.17, 15) is 39.0 Å². The number of benzene rings is 1. The molecule has 3 amide bonds. The molecular formula is C33H50N4O9. The summed E-state index contributed by atoms with van der Waals surface area (Å²) in [6.45, 7) is 14.3. The van der Waals surface area contributed by atoms with E-state index in [2.05, 4.69) is 16.0 Å². The van der Waals surface area contributed by atoms with Crippen LogP contribution in [0.3, 0.4) is 0 Å². The third-order valence-electron chi connectivity index (χ3n) is 8.06. The molecule has 0 radical (unpaired) electrons. The van der Waals surface area contributed by atoms with Gasteiger partial charge in [0.15, 0.2) is 0 Å². The quantitative estimate of drug-likeness (QED) is 0.145. The van der Waals surface area contributed by atoms with Crippen molar-refractivity contribution in [1.29, 1.82) is 0 Å². The number of likely N-dealkylation sites (N-methyl/N-ethyl adjacent to an activating group) is 2. The van der Waals surface area contributed by atoms with Crippen molar-refractivity contribution in [1.82, 2.24) is 20.9 Å². The summed E-state index contributed by atoms with van der Waals surface area (Å²) in [6.07, 6.45) is 0.824. The van der Waals surface area contributed by atoms with Crippen LogP contribution in [-0.2, 0) is 29.4 Å². The highest BCUT2D eigenvalue weighted by molar-refractivity contribution is 5.96. The number of carboxylic acid groups (broad SMARTS) is 3. The van der Waals surface area contributed by atoms with Crippen molar-refractivity contribution in [2.24, 2.45) is 11.3 Å². The van der Waals surface area contributed by atoms with E-state index < -0.39 is 77.0 Å². The van der Waals surface area contributed by atoms with Crippen LogP contribution in [0.15, 0.2) is 35.9 Å². The summed E-state index contributed by atoms with van der Waals surface area (Å²) in [6, 6.07) is 2.45. The number of rotatable bonds is 16. The van der Waals surface area contributed by atoms with Crippen molar-refractivity contribution in [3.63, 3.8) is 0 Å². The molecule has 0 heterocycles. The maximum Gasteiger partial charge on any atom is 0.335 e. The molecule has 0 unspecified atom stereocenters. The molecule has 1 rings (SSSR count). The molecule has 4 atom stereocenters. The van der Waals surface area contributed by atoms with Gasteiger partial charge in [-0.3, -0.25) is 19.2 Å². The lowest BCUT2D eigenvalue weighted by Gasteiger charge is -2.40. The zero-order valence-electron chi connectivity index (χ0n) is 28.4. The molecular weight excluding hydrogens is 596 g/mol. The first kappa shape index (κ1) is 39.8. The monoisotopic (exact) mass is 646 g/mol. The zero-order chi connectivity index (χ0) is 35.7. The molecule has 0 saturated carbocycles. The van der Waals surface area contributed by atoms with Gasteiger partial charge in [0.25, 0.3) is 0 Å². The van der Waals surface area contributed by atoms with Crippen LogP contribution in [0.5, 0.6) is 0 Å². The van der Waals surface area contributed by atoms with Crippen molar-refractivity contribution in [3.05, 3.63) is 47.0 Å². The SMILES string of the molecule is CN[C@H](C(=O)N[C@H](C(=O)N(C)[C@H](/C=C(\C)C(=O)N[C@H](CCC(=O)O)C(=O)O)C(C)C)C(C)(C)C)C(C)(C)c1ccc(C(=O)O)cc1. The Hall–Kier alpha value is -4.26. The standard InChI is InChI=1S/C33H50N4O9/c1-18(2)23(17-19(3)27(40)35-22(31(45)46)15-16-24(38)39)37(10)29(42)26(32(4,5)6)36-28(41)25(34-9)33(7,8)21-13-11-20(12-14-21)30(43)44/h11-14,17-18,22-23,25-26,34H,15-16H2,1-10H3,(H,35,40)(H,36,41)(H,38,39)(H,43,44)(H,45,46)/b19-17+/t22-,23-,25-,26-/m1/s1. The molecule has 6 N–H and O–H groups in total. The van der Waals surface area contributed by atoms with Crippen LogP contribution < -0.4 is 16.0 Å². The van der Waals surface area contributed by atoms with Gasteiger partial charge >= 0.3 is 17.9 Å². The van der Waals surface area contributed by atoms with Gasteiger partial charge < -0.3 is 36.2 Å². The molecule has 0 fully saturated rings. The van der Waals surface area contributed by atoms with E-state index in [4.69, 9.17) is 5.11 Å². The number of carbonyl (C=O) groups excluding carboxylic acids is 3. The number of hydrogen-bond donors (Lipinski definition) is 6. The van der Waals surface area contributed by atoms with E-state index >= 15 is 0 Å². The average molecular weight is 647 g/mol. The maximum absolute atomic E-state index is 14.0. The molecule has 1 aromatic carbocycles. The molecule has 46 heavy (non-hydrogen) atoms. The second kappa shape index (κ2) is 16.3. The number of nitrogens with one attached hydrogen (secondary N) is 3. The van der Waals surface area contributed by atoms with Crippen molar-refractivity contribution >= 4 is 35.6 Å². The number of amides is 3. The first-order valence-electron chi connectivity index (χ1n) is 15.1. The summed E-state index contributed by atoms with van der Waals surface area (Å²) in [5.74, 6) is -5.36. The van der Waals surface area contributed by atoms with Crippen LogP contribution >= 0.6 is 0 Å². The molecule has 0 spiro atoms. The van der Waals surface area contributed by atoms with Crippen molar-refractivity contribution < 1.29 is 44.1 Å². The van der Waals surface area contributed by atoms with Gasteiger partial charge in [0.05, 0.1) is 17.6 Å². The summed E-state index contributed by atoms with van der Waals surface area (Å²) in [4.78, 5) is 75.9. The fourth-order valence-electron chi connectivity index (χ4n) is 5.13. The number of hydrogen-bond acceptors (Lipinski definition) is 7. The highest BCUT2D eigenvalue weighted by Crippen LogP contribution is 2.29. The second-order valence-corrected chi connectivity index (χ2v) is 13.5. The first-order chi connectivity index (χ1) is 21.1. The topological polar surface area (TPSA) is 202 Å². The maximum atomic E-state index is 14.0. The van der Waals surface area contributed by atoms with Crippen LogP contribution in [-0.4, -0.2) is 94.1 Å². The third-order valence-corrected chi connectivity index (χ3v) is 8.06. The Kier molecular flexibility index (Phi) is 14.1. The van der Waals surface area contributed by atoms with Gasteiger partial charge in [-0.25, -0.2) is 9.59 Å². The Bertz CT molecular complexity index is 1310. The summed E-state index contributed by atoms with van der Waals surface area (Å²) in [5.41, 5.74) is -0.563. The van der Waals surface area contributed by atoms with Gasteiger partial charge in [0.2, 0.25) is 17.7 Å². The molecule has 1 aromatic rings. The van der Waals surface area contributed by atoms with Crippen LogP contribution in [0.1, 0.15) is 84.2 Å². The number of nitrogens with zero attached hydrogens (tertiary/aromatic N) is 1. The minimum atomic E-state index is -1.40. The van der Waals surface area contributed by atoms with Crippen molar-refractivity contribution in [2.75, 3.05) is 14.1 Å². The summed E-state index contributed by atoms with van der Waals surface area (Å²) < 4.78 is 0. The molecule has 0 aliphatic rings. The number of aromatic carboxylic acids is 1. The van der Waals surface area contributed by atoms with Crippen molar-refractivity contribution in [2.45, 2.75) is 97.8 Å². The second-order valence-electron chi connectivity index (χ2n) is 13.5. The summed E-state index contributed by atoms with van der Waals surface area (Å²) in [7, 11) is 3.19. The lowest BCUT2D eigenvalue weighted by Crippen LogP contribution is -2.61. The number of carbonyl (C=O) groups is 6. The van der Waals surface area contributed by atoms with E-state index in [0.717, 1.165) is 5.56 Å². The highest BCUT2D eigenvalue weighted by atomic mass is 16.4. The summed E-state index contributed by atoms with van der Waals surface area (Å²) >= 11 is 0. The van der Waals surface area contributed by atoms with E-state index in [1.54, 1.807) is 32.3 Å². The van der Waals surface area contributed by atoms with Crippen LogP contribution in [0.4, 0.5) is 0 Å². The number of carboxylic acids is 3. The average Bonchev–Trinajstić information content (AvgIpc) is 2.94.